The van der Waals surface area contributed by atoms with Crippen LogP contribution in [0.4, 0.5) is 0 Å². The Kier molecular flexibility index (Phi) is 3.85. The van der Waals surface area contributed by atoms with Crippen molar-refractivity contribution in [1.29, 1.82) is 0 Å². The highest BCUT2D eigenvalue weighted by Crippen LogP contribution is 2.33. The van der Waals surface area contributed by atoms with Crippen molar-refractivity contribution in [1.82, 2.24) is 9.29 Å². The number of hydrogen-bond donors (Lipinski definition) is 2. The SMILES string of the molecule is NC(=O)c1[nH]c2c(Cl)cccc2c1S(=O)(=O)N1CCOCC1. The summed E-state index contributed by atoms with van der Waals surface area (Å²) < 4.78 is 32.3. The van der Waals surface area contributed by atoms with E-state index >= 15 is 0 Å². The molecule has 0 spiro atoms. The standard InChI is InChI=1S/C13H14ClN3O4S/c14-9-3-1-2-8-10(9)16-11(13(15)18)12(8)22(19,20)17-4-6-21-7-5-17/h1-3,16H,4-7H2,(H2,15,18). The number of carbonyl (C=O) groups is 1. The van der Waals surface area contributed by atoms with E-state index in [9.17, 15) is 13.2 Å². The number of halogens is 1. The number of nitrogens with one attached hydrogen (secondary N) is 1. The number of aromatic nitrogens is 1. The van der Waals surface area contributed by atoms with E-state index in [0.717, 1.165) is 0 Å². The second-order valence-electron chi connectivity index (χ2n) is 4.87. The summed E-state index contributed by atoms with van der Waals surface area (Å²) in [7, 11) is -3.88. The third-order valence-corrected chi connectivity index (χ3v) is 5.85. The van der Waals surface area contributed by atoms with E-state index < -0.39 is 15.9 Å². The zero-order valence-corrected chi connectivity index (χ0v) is 13.1. The van der Waals surface area contributed by atoms with Gasteiger partial charge in [-0.2, -0.15) is 4.31 Å². The van der Waals surface area contributed by atoms with Crippen molar-refractivity contribution in [2.24, 2.45) is 5.73 Å². The zero-order valence-electron chi connectivity index (χ0n) is 11.5. The lowest BCUT2D eigenvalue weighted by atomic mass is 10.2. The van der Waals surface area contributed by atoms with E-state index in [1.165, 1.54) is 4.31 Å². The van der Waals surface area contributed by atoms with Crippen LogP contribution < -0.4 is 5.73 Å². The highest BCUT2D eigenvalue weighted by atomic mass is 35.5. The van der Waals surface area contributed by atoms with Crippen LogP contribution in [0.2, 0.25) is 5.02 Å². The Morgan fingerprint density at radius 3 is 2.64 bits per heavy atom. The molecule has 118 valence electrons. The molecule has 1 amide bonds. The Morgan fingerprint density at radius 1 is 1.32 bits per heavy atom. The van der Waals surface area contributed by atoms with Crippen LogP contribution in [0.25, 0.3) is 10.9 Å². The number of nitrogens with zero attached hydrogens (tertiary/aromatic N) is 1. The zero-order chi connectivity index (χ0) is 15.9. The van der Waals surface area contributed by atoms with Gasteiger partial charge in [0.15, 0.2) is 0 Å². The van der Waals surface area contributed by atoms with Crippen molar-refractivity contribution in [2.45, 2.75) is 4.90 Å². The first kappa shape index (κ1) is 15.3. The fourth-order valence-corrected chi connectivity index (χ4v) is 4.48. The Hall–Kier alpha value is -1.61. The molecule has 1 aromatic heterocycles. The number of amides is 1. The van der Waals surface area contributed by atoms with Crippen LogP contribution in [0, 0.1) is 0 Å². The summed E-state index contributed by atoms with van der Waals surface area (Å²) >= 11 is 6.07. The quantitative estimate of drug-likeness (QED) is 0.865. The predicted molar refractivity (Wildman–Crippen MR) is 81.4 cm³/mol. The average molecular weight is 344 g/mol. The van der Waals surface area contributed by atoms with Gasteiger partial charge in [0, 0.05) is 18.5 Å². The van der Waals surface area contributed by atoms with E-state index in [1.54, 1.807) is 18.2 Å². The minimum absolute atomic E-state index is 0.126. The number of fused-ring (bicyclic) bond motifs is 1. The molecule has 0 unspecified atom stereocenters. The van der Waals surface area contributed by atoms with Crippen LogP contribution in [0.15, 0.2) is 23.1 Å². The van der Waals surface area contributed by atoms with Crippen LogP contribution in [-0.2, 0) is 14.8 Å². The van der Waals surface area contributed by atoms with Crippen molar-refractivity contribution in [3.8, 4) is 0 Å². The van der Waals surface area contributed by atoms with Gasteiger partial charge in [0.25, 0.3) is 5.91 Å². The van der Waals surface area contributed by atoms with Crippen molar-refractivity contribution >= 4 is 38.4 Å². The van der Waals surface area contributed by atoms with Crippen LogP contribution in [0.3, 0.4) is 0 Å². The predicted octanol–water partition coefficient (Wildman–Crippen LogP) is 0.941. The molecule has 1 aliphatic heterocycles. The lowest BCUT2D eigenvalue weighted by molar-refractivity contribution is 0.0730. The number of para-hydroxylation sites is 1. The van der Waals surface area contributed by atoms with Crippen LogP contribution in [0.1, 0.15) is 10.5 Å². The molecule has 9 heteroatoms. The fourth-order valence-electron chi connectivity index (χ4n) is 2.51. The number of rotatable bonds is 3. The lowest BCUT2D eigenvalue weighted by Crippen LogP contribution is -2.41. The number of aromatic amines is 1. The molecule has 3 rings (SSSR count). The number of nitrogens with two attached hydrogens (primary N) is 1. The first-order chi connectivity index (χ1) is 10.4. The number of morpholine rings is 1. The Labute approximate surface area is 132 Å². The molecule has 22 heavy (non-hydrogen) atoms. The van der Waals surface area contributed by atoms with Crippen molar-refractivity contribution < 1.29 is 17.9 Å². The molecule has 1 aromatic carbocycles. The second-order valence-corrected chi connectivity index (χ2v) is 7.15. The molecule has 0 aliphatic carbocycles. The average Bonchev–Trinajstić information content (AvgIpc) is 2.90. The molecular weight excluding hydrogens is 330 g/mol. The van der Waals surface area contributed by atoms with E-state index in [0.29, 0.717) is 29.1 Å². The second kappa shape index (κ2) is 5.54. The molecule has 2 aromatic rings. The van der Waals surface area contributed by atoms with Crippen LogP contribution >= 0.6 is 11.6 Å². The van der Waals surface area contributed by atoms with Crippen LogP contribution in [-0.4, -0.2) is 49.9 Å². The Morgan fingerprint density at radius 2 is 2.00 bits per heavy atom. The molecule has 0 radical (unpaired) electrons. The van der Waals surface area contributed by atoms with Gasteiger partial charge in [0.1, 0.15) is 10.6 Å². The first-order valence-corrected chi connectivity index (χ1v) is 8.42. The summed E-state index contributed by atoms with van der Waals surface area (Å²) in [5.74, 6) is -0.848. The first-order valence-electron chi connectivity index (χ1n) is 6.61. The van der Waals surface area contributed by atoms with E-state index in [1.807, 2.05) is 0 Å². The topological polar surface area (TPSA) is 105 Å². The minimum Gasteiger partial charge on any atom is -0.379 e. The number of ether oxygens (including phenoxy) is 1. The summed E-state index contributed by atoms with van der Waals surface area (Å²) in [5.41, 5.74) is 5.56. The molecule has 0 bridgehead atoms. The van der Waals surface area contributed by atoms with E-state index in [-0.39, 0.29) is 23.7 Å². The number of primary amides is 1. The summed E-state index contributed by atoms with van der Waals surface area (Å²) in [6, 6.07) is 4.83. The lowest BCUT2D eigenvalue weighted by Gasteiger charge is -2.26. The summed E-state index contributed by atoms with van der Waals surface area (Å²) in [6.07, 6.45) is 0. The molecule has 0 saturated carbocycles. The smallest absolute Gasteiger partial charge is 0.266 e. The number of benzene rings is 1. The highest BCUT2D eigenvalue weighted by Gasteiger charge is 2.33. The summed E-state index contributed by atoms with van der Waals surface area (Å²) in [5, 5.41) is 0.677. The van der Waals surface area contributed by atoms with Gasteiger partial charge in [-0.1, -0.05) is 23.7 Å². The largest absolute Gasteiger partial charge is 0.379 e. The maximum Gasteiger partial charge on any atom is 0.266 e. The van der Waals surface area contributed by atoms with Gasteiger partial charge in [-0.3, -0.25) is 4.79 Å². The van der Waals surface area contributed by atoms with Gasteiger partial charge in [0.2, 0.25) is 10.0 Å². The van der Waals surface area contributed by atoms with Gasteiger partial charge in [-0.05, 0) is 6.07 Å². The van der Waals surface area contributed by atoms with Gasteiger partial charge in [-0.15, -0.1) is 0 Å². The van der Waals surface area contributed by atoms with Gasteiger partial charge < -0.3 is 15.5 Å². The van der Waals surface area contributed by atoms with Crippen molar-refractivity contribution in [3.05, 3.63) is 28.9 Å². The third kappa shape index (κ3) is 2.38. The summed E-state index contributed by atoms with van der Waals surface area (Å²) in [6.45, 7) is 1.09. The summed E-state index contributed by atoms with van der Waals surface area (Å²) in [4.78, 5) is 14.3. The molecule has 7 nitrogen and oxygen atoms in total. The van der Waals surface area contributed by atoms with E-state index in [2.05, 4.69) is 4.98 Å². The number of hydrogen-bond acceptors (Lipinski definition) is 4. The number of H-pyrrole nitrogens is 1. The molecule has 2 heterocycles. The molecule has 0 atom stereocenters. The molecular formula is C13H14ClN3O4S. The van der Waals surface area contributed by atoms with E-state index in [4.69, 9.17) is 22.1 Å². The van der Waals surface area contributed by atoms with Crippen molar-refractivity contribution in [2.75, 3.05) is 26.3 Å². The number of carbonyl (C=O) groups excluding carboxylic acids is 1. The molecule has 1 saturated heterocycles. The van der Waals surface area contributed by atoms with Gasteiger partial charge in [-0.25, -0.2) is 8.42 Å². The normalized spacial score (nSPS) is 17.0. The molecule has 1 fully saturated rings. The highest BCUT2D eigenvalue weighted by molar-refractivity contribution is 7.89. The Balaban J connectivity index is 2.26. The molecule has 1 aliphatic rings. The fraction of sp³-hybridized carbons (Fsp3) is 0.308. The maximum atomic E-state index is 12.9. The monoisotopic (exact) mass is 343 g/mol. The van der Waals surface area contributed by atoms with Gasteiger partial charge in [0.05, 0.1) is 23.8 Å². The maximum absolute atomic E-state index is 12.9. The minimum atomic E-state index is -3.88. The van der Waals surface area contributed by atoms with Crippen LogP contribution in [0.5, 0.6) is 0 Å². The number of sulfonamides is 1. The Bertz CT molecular complexity index is 840. The third-order valence-electron chi connectivity index (χ3n) is 3.55. The molecule has 3 N–H and O–H groups in total. The van der Waals surface area contributed by atoms with Crippen molar-refractivity contribution in [3.63, 3.8) is 0 Å². The van der Waals surface area contributed by atoms with Gasteiger partial charge >= 0.3 is 0 Å².